The number of benzene rings is 2. The number of carbonyl (C=O) groups excluding carboxylic acids is 1. The van der Waals surface area contributed by atoms with Crippen LogP contribution in [0.1, 0.15) is 19.4 Å². The molecule has 0 unspecified atom stereocenters. The van der Waals surface area contributed by atoms with Gasteiger partial charge in [-0.2, -0.15) is 0 Å². The van der Waals surface area contributed by atoms with Gasteiger partial charge in [-0.1, -0.05) is 0 Å². The zero-order valence-corrected chi connectivity index (χ0v) is 19.7. The Hall–Kier alpha value is -2.58. The van der Waals surface area contributed by atoms with Crippen molar-refractivity contribution in [1.82, 2.24) is 4.90 Å². The summed E-state index contributed by atoms with van der Waals surface area (Å²) in [5, 5.41) is 0.410. The molecular weight excluding hydrogens is 468 g/mol. The first kappa shape index (κ1) is 22.1. The molecule has 1 amide bonds. The average Bonchev–Trinajstić information content (AvgIpc) is 2.92. The van der Waals surface area contributed by atoms with E-state index >= 15 is 0 Å². The largest absolute Gasteiger partial charge is 0.494 e. The van der Waals surface area contributed by atoms with Crippen molar-refractivity contribution in [2.24, 2.45) is 0 Å². The molecule has 0 bridgehead atoms. The van der Waals surface area contributed by atoms with Crippen LogP contribution in [0.4, 0.5) is 5.69 Å². The van der Waals surface area contributed by atoms with Crippen molar-refractivity contribution < 1.29 is 19.0 Å². The molecule has 2 aromatic carbocycles. The Morgan fingerprint density at radius 3 is 2.37 bits per heavy atom. The van der Waals surface area contributed by atoms with Gasteiger partial charge in [-0.3, -0.25) is 9.69 Å². The molecule has 1 aliphatic heterocycles. The number of rotatable bonds is 7. The van der Waals surface area contributed by atoms with Gasteiger partial charge in [-0.25, -0.2) is 0 Å². The van der Waals surface area contributed by atoms with Crippen LogP contribution in [0.2, 0.25) is 0 Å². The van der Waals surface area contributed by atoms with Crippen molar-refractivity contribution >= 4 is 50.9 Å². The Kier molecular flexibility index (Phi) is 6.99. The van der Waals surface area contributed by atoms with E-state index in [4.69, 9.17) is 26.4 Å². The lowest BCUT2D eigenvalue weighted by Gasteiger charge is -2.16. The number of nitrogens with zero attached hydrogens (tertiary/aromatic N) is 2. The average molecular weight is 491 g/mol. The lowest BCUT2D eigenvalue weighted by molar-refractivity contribution is -0.114. The van der Waals surface area contributed by atoms with E-state index in [1.54, 1.807) is 25.1 Å². The van der Waals surface area contributed by atoms with Crippen molar-refractivity contribution in [2.45, 2.75) is 13.8 Å². The van der Waals surface area contributed by atoms with Gasteiger partial charge in [0.05, 0.1) is 30.5 Å². The van der Waals surface area contributed by atoms with Gasteiger partial charge in [0, 0.05) is 7.05 Å². The van der Waals surface area contributed by atoms with Gasteiger partial charge in [-0.05, 0) is 90.0 Å². The number of carbonyl (C=O) groups is 1. The number of ether oxygens (including phenoxy) is 3. The molecule has 1 aliphatic rings. The van der Waals surface area contributed by atoms with E-state index in [2.05, 4.69) is 15.9 Å². The van der Waals surface area contributed by atoms with Crippen LogP contribution < -0.4 is 19.1 Å². The molecule has 0 saturated carbocycles. The number of likely N-dealkylation sites (N-methyl/N-ethyl adjacent to an activating group) is 1. The normalized spacial score (nSPS) is 15.2. The fourth-order valence-electron chi connectivity index (χ4n) is 3.13. The van der Waals surface area contributed by atoms with E-state index in [0.717, 1.165) is 15.8 Å². The minimum atomic E-state index is -0.198. The van der Waals surface area contributed by atoms with Gasteiger partial charge in [-0.15, -0.1) is 0 Å². The molecular formula is C22H23BrN2O4S. The summed E-state index contributed by atoms with van der Waals surface area (Å²) in [6.45, 7) is 4.90. The van der Waals surface area contributed by atoms with Gasteiger partial charge < -0.3 is 19.1 Å². The fourth-order valence-corrected chi connectivity index (χ4v) is 4.04. The van der Waals surface area contributed by atoms with E-state index in [0.29, 0.717) is 41.2 Å². The van der Waals surface area contributed by atoms with Crippen LogP contribution in [0.25, 0.3) is 6.08 Å². The number of halogens is 1. The van der Waals surface area contributed by atoms with Crippen LogP contribution in [0.5, 0.6) is 17.2 Å². The number of hydrogen-bond acceptors (Lipinski definition) is 5. The first-order valence-corrected chi connectivity index (χ1v) is 10.7. The second-order valence-electron chi connectivity index (χ2n) is 6.41. The van der Waals surface area contributed by atoms with E-state index in [1.807, 2.05) is 50.2 Å². The predicted octanol–water partition coefficient (Wildman–Crippen LogP) is 4.86. The van der Waals surface area contributed by atoms with Crippen molar-refractivity contribution in [1.29, 1.82) is 0 Å². The zero-order valence-electron chi connectivity index (χ0n) is 17.3. The number of anilines is 1. The summed E-state index contributed by atoms with van der Waals surface area (Å²) in [5.41, 5.74) is 1.95. The van der Waals surface area contributed by atoms with Crippen LogP contribution in [-0.2, 0) is 4.79 Å². The maximum absolute atomic E-state index is 13.2. The highest BCUT2D eigenvalue weighted by molar-refractivity contribution is 9.10. The Balaban J connectivity index is 1.96. The molecule has 1 fully saturated rings. The number of thiocarbonyl (C=S) groups is 1. The monoisotopic (exact) mass is 490 g/mol. The van der Waals surface area contributed by atoms with Crippen molar-refractivity contribution in [3.05, 3.63) is 52.1 Å². The molecule has 30 heavy (non-hydrogen) atoms. The van der Waals surface area contributed by atoms with E-state index < -0.39 is 0 Å². The summed E-state index contributed by atoms with van der Waals surface area (Å²) in [7, 11) is 3.37. The quantitative estimate of drug-likeness (QED) is 0.408. The van der Waals surface area contributed by atoms with E-state index in [-0.39, 0.29) is 5.91 Å². The highest BCUT2D eigenvalue weighted by Crippen LogP contribution is 2.38. The molecule has 0 N–H and O–H groups in total. The molecule has 0 spiro atoms. The SMILES string of the molecule is CCOc1ccc(N2C(=O)/C(=C/c3cc(Br)c(OC)c(OCC)c3)N(C)C2=S)cc1. The molecule has 158 valence electrons. The number of amides is 1. The third kappa shape index (κ3) is 4.29. The highest BCUT2D eigenvalue weighted by atomic mass is 79.9. The molecule has 6 nitrogen and oxygen atoms in total. The first-order valence-electron chi connectivity index (χ1n) is 9.48. The summed E-state index contributed by atoms with van der Waals surface area (Å²) in [6, 6.07) is 11.0. The minimum Gasteiger partial charge on any atom is -0.494 e. The maximum atomic E-state index is 13.2. The topological polar surface area (TPSA) is 51.2 Å². The van der Waals surface area contributed by atoms with Crippen molar-refractivity contribution in [3.63, 3.8) is 0 Å². The number of hydrogen-bond donors (Lipinski definition) is 0. The molecule has 1 heterocycles. The van der Waals surface area contributed by atoms with Crippen LogP contribution in [0, 0.1) is 0 Å². The summed E-state index contributed by atoms with van der Waals surface area (Å²) in [6.07, 6.45) is 1.79. The van der Waals surface area contributed by atoms with Crippen LogP contribution in [0.3, 0.4) is 0 Å². The first-order chi connectivity index (χ1) is 14.4. The summed E-state index contributed by atoms with van der Waals surface area (Å²) < 4.78 is 17.3. The summed E-state index contributed by atoms with van der Waals surface area (Å²) in [5.74, 6) is 1.75. The predicted molar refractivity (Wildman–Crippen MR) is 125 cm³/mol. The van der Waals surface area contributed by atoms with Crippen LogP contribution >= 0.6 is 28.1 Å². The molecule has 0 radical (unpaired) electrons. The molecule has 3 rings (SSSR count). The smallest absolute Gasteiger partial charge is 0.281 e. The lowest BCUT2D eigenvalue weighted by atomic mass is 10.1. The minimum absolute atomic E-state index is 0.198. The van der Waals surface area contributed by atoms with Crippen LogP contribution in [0.15, 0.2) is 46.6 Å². The molecule has 0 atom stereocenters. The van der Waals surface area contributed by atoms with Gasteiger partial charge in [0.1, 0.15) is 11.4 Å². The molecule has 8 heteroatoms. The van der Waals surface area contributed by atoms with Crippen molar-refractivity contribution in [2.75, 3.05) is 32.3 Å². The van der Waals surface area contributed by atoms with Gasteiger partial charge in [0.15, 0.2) is 16.6 Å². The van der Waals surface area contributed by atoms with E-state index in [1.165, 1.54) is 4.90 Å². The van der Waals surface area contributed by atoms with Crippen molar-refractivity contribution in [3.8, 4) is 17.2 Å². The Morgan fingerprint density at radius 1 is 1.10 bits per heavy atom. The standard InChI is InChI=1S/C22H23BrN2O4S/c1-5-28-16-9-7-15(8-10-16)25-21(26)18(24(3)22(25)30)12-14-11-17(23)20(27-4)19(13-14)29-6-2/h7-13H,5-6H2,1-4H3/b18-12-. The third-order valence-electron chi connectivity index (χ3n) is 4.51. The zero-order chi connectivity index (χ0) is 21.8. The summed E-state index contributed by atoms with van der Waals surface area (Å²) >= 11 is 9.04. The fraction of sp³-hybridized carbons (Fsp3) is 0.273. The molecule has 1 saturated heterocycles. The molecule has 2 aromatic rings. The maximum Gasteiger partial charge on any atom is 0.281 e. The molecule has 0 aliphatic carbocycles. The summed E-state index contributed by atoms with van der Waals surface area (Å²) in [4.78, 5) is 16.4. The Labute approximate surface area is 190 Å². The van der Waals surface area contributed by atoms with E-state index in [9.17, 15) is 4.79 Å². The second-order valence-corrected chi connectivity index (χ2v) is 7.63. The highest BCUT2D eigenvalue weighted by Gasteiger charge is 2.36. The number of methoxy groups -OCH3 is 1. The lowest BCUT2D eigenvalue weighted by Crippen LogP contribution is -2.31. The van der Waals surface area contributed by atoms with Crippen LogP contribution in [-0.4, -0.2) is 43.3 Å². The second kappa shape index (κ2) is 9.49. The molecule has 0 aromatic heterocycles. The van der Waals surface area contributed by atoms with Gasteiger partial charge in [0.25, 0.3) is 5.91 Å². The van der Waals surface area contributed by atoms with Gasteiger partial charge in [0.2, 0.25) is 0 Å². The Morgan fingerprint density at radius 2 is 1.77 bits per heavy atom. The third-order valence-corrected chi connectivity index (χ3v) is 5.55. The Bertz CT molecular complexity index is 991. The van der Waals surface area contributed by atoms with Gasteiger partial charge >= 0.3 is 0 Å².